The number of halogens is 7. The predicted molar refractivity (Wildman–Crippen MR) is 232 cm³/mol. The topological polar surface area (TPSA) is 260 Å². The Morgan fingerprint density at radius 2 is 1.30 bits per heavy atom. The van der Waals surface area contributed by atoms with Crippen LogP contribution in [0.1, 0.15) is 49.4 Å². The van der Waals surface area contributed by atoms with Crippen molar-refractivity contribution in [3.8, 4) is 0 Å². The van der Waals surface area contributed by atoms with E-state index in [1.54, 1.807) is 26.2 Å². The number of nitrogens with one attached hydrogen (secondary N) is 5. The van der Waals surface area contributed by atoms with Crippen LogP contribution in [0.4, 0.5) is 43.8 Å². The van der Waals surface area contributed by atoms with Crippen molar-refractivity contribution in [1.82, 2.24) is 65.0 Å². The fourth-order valence-electron chi connectivity index (χ4n) is 6.68. The van der Waals surface area contributed by atoms with Gasteiger partial charge in [-0.1, -0.05) is 12.1 Å². The normalized spacial score (nSPS) is 15.1. The van der Waals surface area contributed by atoms with Crippen LogP contribution in [0.2, 0.25) is 0 Å². The Hall–Kier alpha value is -3.54. The van der Waals surface area contributed by atoms with E-state index >= 15 is 0 Å². The second-order valence-electron chi connectivity index (χ2n) is 14.2. The average Bonchev–Trinajstić information content (AvgIpc) is 4.15. The Kier molecular flexibility index (Phi) is 25.2. The van der Waals surface area contributed by atoms with E-state index in [1.807, 2.05) is 47.0 Å². The third-order valence-corrected chi connectivity index (χ3v) is 10.0. The first-order chi connectivity index (χ1) is 32.0. The van der Waals surface area contributed by atoms with E-state index < -0.39 is 37.3 Å². The fraction of sp³-hybridized carbons (Fsp3) is 0.410. The summed E-state index contributed by atoms with van der Waals surface area (Å²) in [5.41, 5.74) is 1.51. The Morgan fingerprint density at radius 3 is 1.70 bits per heavy atom. The molecule has 0 unspecified atom stereocenters. The molecule has 2 saturated heterocycles. The maximum absolute atomic E-state index is 12.5. The van der Waals surface area contributed by atoms with Crippen LogP contribution in [0.25, 0.3) is 22.3 Å². The summed E-state index contributed by atoms with van der Waals surface area (Å²) in [6.45, 7) is 4.35. The Morgan fingerprint density at radius 1 is 0.797 bits per heavy atom. The molecule has 0 bridgehead atoms. The van der Waals surface area contributed by atoms with E-state index in [0.29, 0.717) is 53.6 Å². The van der Waals surface area contributed by atoms with Crippen LogP contribution in [0.5, 0.6) is 0 Å². The molecule has 2 amide bonds. The van der Waals surface area contributed by atoms with Gasteiger partial charge < -0.3 is 52.2 Å². The van der Waals surface area contributed by atoms with Gasteiger partial charge in [-0.05, 0) is 73.4 Å². The molecule has 2 fully saturated rings. The summed E-state index contributed by atoms with van der Waals surface area (Å²) in [6, 6.07) is 11.7. The van der Waals surface area contributed by atoms with Gasteiger partial charge in [0.05, 0.1) is 0 Å². The number of imidazole rings is 2. The number of aromatic nitrogens is 10. The Bertz CT molecular complexity index is 2550. The number of fused-ring (bicyclic) bond motifs is 2. The largest absolute Gasteiger partial charge is 1.00 e. The molecule has 2 atom stereocenters. The van der Waals surface area contributed by atoms with Crippen molar-refractivity contribution < 1.29 is 155 Å². The van der Waals surface area contributed by atoms with Crippen molar-refractivity contribution in [2.75, 3.05) is 54.8 Å². The van der Waals surface area contributed by atoms with Gasteiger partial charge in [0.15, 0.2) is 34.0 Å². The number of pyridine rings is 2. The van der Waals surface area contributed by atoms with E-state index in [4.69, 9.17) is 10.1 Å². The molecule has 0 aliphatic carbocycles. The molecule has 6 aromatic rings. The van der Waals surface area contributed by atoms with Crippen LogP contribution in [-0.2, 0) is 22.8 Å². The maximum Gasteiger partial charge on any atom is 1.00 e. The molecule has 8 rings (SSSR count). The smallest absolute Gasteiger partial charge is 1.00 e. The molecule has 362 valence electrons. The predicted octanol–water partition coefficient (Wildman–Crippen LogP) is -2.46. The first-order valence-corrected chi connectivity index (χ1v) is 21.2. The molecule has 0 spiro atoms. The summed E-state index contributed by atoms with van der Waals surface area (Å²) in [5.74, 6) is -0.262. The number of anilines is 3. The van der Waals surface area contributed by atoms with E-state index in [-0.39, 0.29) is 134 Å². The number of carbonyl (C=O) groups is 3. The molecular formula is C39H45BrF6K2N16O5. The zero-order valence-electron chi connectivity index (χ0n) is 38.7. The minimum absolute atomic E-state index is 0. The number of hydrogen-bond acceptors (Lipinski definition) is 17. The van der Waals surface area contributed by atoms with Gasteiger partial charge in [-0.2, -0.15) is 26.3 Å². The van der Waals surface area contributed by atoms with Crippen molar-refractivity contribution in [2.45, 2.75) is 64.2 Å². The number of amides is 2. The maximum atomic E-state index is 12.5. The molecule has 6 aromatic heterocycles. The monoisotopic (exact) mass is 1090 g/mol. The van der Waals surface area contributed by atoms with E-state index in [9.17, 15) is 35.9 Å². The van der Waals surface area contributed by atoms with Crippen LogP contribution in [0, 0.1) is 0 Å². The van der Waals surface area contributed by atoms with Crippen LogP contribution < -0.4 is 140 Å². The molecule has 8 heterocycles. The number of hydrogen-bond donors (Lipinski definition) is 5. The van der Waals surface area contributed by atoms with Gasteiger partial charge in [-0.25, -0.2) is 39.9 Å². The number of rotatable bonds is 12. The third kappa shape index (κ3) is 18.2. The number of aryl methyl sites for hydroxylation is 2. The molecule has 0 radical (unpaired) electrons. The zero-order valence-corrected chi connectivity index (χ0v) is 45.5. The Balaban J connectivity index is 0.000000385. The number of alkyl halides is 6. The molecule has 21 nitrogen and oxygen atoms in total. The van der Waals surface area contributed by atoms with Crippen molar-refractivity contribution in [2.24, 2.45) is 0 Å². The zero-order chi connectivity index (χ0) is 48.6. The van der Waals surface area contributed by atoms with Gasteiger partial charge in [-0.15, -0.1) is 0 Å². The summed E-state index contributed by atoms with van der Waals surface area (Å²) in [5, 5.41) is 21.9. The minimum Gasteiger partial charge on any atom is -1.00 e. The summed E-state index contributed by atoms with van der Waals surface area (Å²) in [4.78, 5) is 71.3. The molecule has 69 heavy (non-hydrogen) atoms. The van der Waals surface area contributed by atoms with Gasteiger partial charge in [0, 0.05) is 57.2 Å². The molecular weight excluding hydrogens is 1040 g/mol. The van der Waals surface area contributed by atoms with Crippen LogP contribution >= 0.6 is 15.9 Å². The molecule has 0 aromatic carbocycles. The van der Waals surface area contributed by atoms with Crippen molar-refractivity contribution in [3.05, 3.63) is 77.7 Å². The van der Waals surface area contributed by atoms with Gasteiger partial charge in [-0.3, -0.25) is 14.4 Å². The summed E-state index contributed by atoms with van der Waals surface area (Å²) in [6.07, 6.45) is -1.06. The van der Waals surface area contributed by atoms with Gasteiger partial charge in [0.1, 0.15) is 36.2 Å². The van der Waals surface area contributed by atoms with Gasteiger partial charge in [0.25, 0.3) is 18.3 Å². The molecule has 2 aliphatic rings. The minimum atomic E-state index is -4.51. The van der Waals surface area contributed by atoms with Crippen LogP contribution in [0.15, 0.2) is 66.0 Å². The van der Waals surface area contributed by atoms with E-state index in [2.05, 4.69) is 81.5 Å². The summed E-state index contributed by atoms with van der Waals surface area (Å²) >= 11 is 3.20. The van der Waals surface area contributed by atoms with Crippen molar-refractivity contribution >= 4 is 74.0 Å². The molecule has 2 aliphatic heterocycles. The quantitative estimate of drug-likeness (QED) is 0.0213. The number of nitrogens with zero attached hydrogens (tertiary/aromatic N) is 11. The molecule has 5 N–H and O–H groups in total. The standard InChI is InChI=1S/C19H21F3N8O.C14H18F3N7O.C5H4BrN.CH2O3.2K.H/c1-2-30-16-14(28-17(30)18(31)24-10-19(20,21)22)15(25-11-26-16)27-12-6-8-29(9-12)13-5-3-4-7-23-13;1-2-24-11-9(23-12(24)13(25)19-6-14(15,16)17)10(20-7-21-11)22-8-3-4-18-5-8;6-5-3-1-2-4-7-5;2-1-4-3;;;/h3-5,7,11-12H,2,6,8-10H2,1H3,(H,24,31)(H,25,26,27);7-8,18H,2-6H2,1H3,(H,19,25)(H,20,21,22);1-4H;1,3H;;;/q;;;;2*+1;-1/p-1/t12-;8-;;;;;/m00...../s1. The molecule has 0 saturated carbocycles. The van der Waals surface area contributed by atoms with E-state index in [1.165, 1.54) is 21.8 Å². The Labute approximate surface area is 485 Å². The second-order valence-corrected chi connectivity index (χ2v) is 15.0. The summed E-state index contributed by atoms with van der Waals surface area (Å²) < 4.78 is 78.3. The SMILES string of the molecule is Brc1ccccn1.CCn1c(C(=O)NCC(F)(F)F)nc2c(N[C@H]3CCN(c4ccccn4)C3)ncnc21.CCn1c(C(=O)NCC(F)(F)F)nc2c(N[C@H]3CCNC3)ncnc21.O=CO[O-].[H-].[K+].[K+]. The third-order valence-electron chi connectivity index (χ3n) is 9.57. The van der Waals surface area contributed by atoms with Crippen molar-refractivity contribution in [1.29, 1.82) is 0 Å². The van der Waals surface area contributed by atoms with Gasteiger partial charge >= 0.3 is 115 Å². The summed E-state index contributed by atoms with van der Waals surface area (Å²) in [7, 11) is 0. The van der Waals surface area contributed by atoms with E-state index in [0.717, 1.165) is 42.9 Å². The first-order valence-electron chi connectivity index (χ1n) is 20.4. The van der Waals surface area contributed by atoms with Crippen molar-refractivity contribution in [3.63, 3.8) is 0 Å². The average molecular weight is 1090 g/mol. The number of carbonyl (C=O) groups excluding carboxylic acids is 3. The fourth-order valence-corrected chi connectivity index (χ4v) is 6.95. The van der Waals surface area contributed by atoms with Gasteiger partial charge in [0.2, 0.25) is 11.6 Å². The first kappa shape index (κ1) is 59.8. The second kappa shape index (κ2) is 29.1. The molecule has 30 heteroatoms. The van der Waals surface area contributed by atoms with Crippen LogP contribution in [0.3, 0.4) is 0 Å². The van der Waals surface area contributed by atoms with Crippen LogP contribution in [-0.4, -0.2) is 131 Å².